The van der Waals surface area contributed by atoms with E-state index in [9.17, 15) is 13.5 Å². The maximum absolute atomic E-state index is 13.9. The van der Waals surface area contributed by atoms with Gasteiger partial charge in [-0.3, -0.25) is 0 Å². The molecule has 0 saturated heterocycles. The molecule has 1 fully saturated rings. The van der Waals surface area contributed by atoms with Gasteiger partial charge in [0.25, 0.3) is 10.0 Å². The van der Waals surface area contributed by atoms with Gasteiger partial charge in [0.2, 0.25) is 0 Å². The maximum atomic E-state index is 13.9. The molecule has 0 radical (unpaired) electrons. The van der Waals surface area contributed by atoms with Crippen LogP contribution in [0.25, 0.3) is 10.9 Å². The average molecular weight is 462 g/mol. The largest absolute Gasteiger partial charge is 0.497 e. The summed E-state index contributed by atoms with van der Waals surface area (Å²) in [5.74, 6) is 0.625. The second-order valence-electron chi connectivity index (χ2n) is 8.91. The first-order valence-electron chi connectivity index (χ1n) is 11.0. The summed E-state index contributed by atoms with van der Waals surface area (Å²) in [6.07, 6.45) is 0.677. The molecule has 2 atom stereocenters. The van der Waals surface area contributed by atoms with Crippen molar-refractivity contribution in [3.05, 3.63) is 95.2 Å². The highest BCUT2D eigenvalue weighted by Crippen LogP contribution is 2.62. The first kappa shape index (κ1) is 21.7. The Kier molecular flexibility index (Phi) is 5.10. The molecule has 0 amide bonds. The first-order valence-corrected chi connectivity index (χ1v) is 12.4. The Morgan fingerprint density at radius 3 is 2.30 bits per heavy atom. The molecule has 0 bridgehead atoms. The molecular formula is C27H27NO4S. The predicted octanol–water partition coefficient (Wildman–Crippen LogP) is 4.92. The summed E-state index contributed by atoms with van der Waals surface area (Å²) in [7, 11) is -2.21. The van der Waals surface area contributed by atoms with E-state index in [4.69, 9.17) is 4.74 Å². The third-order valence-corrected chi connectivity index (χ3v) is 8.78. The summed E-state index contributed by atoms with van der Waals surface area (Å²) in [5.41, 5.74) is 3.82. The Balaban J connectivity index is 1.71. The van der Waals surface area contributed by atoms with Crippen molar-refractivity contribution in [1.29, 1.82) is 0 Å². The number of para-hydroxylation sites is 1. The first-order chi connectivity index (χ1) is 15.8. The molecule has 5 rings (SSSR count). The molecule has 1 aliphatic rings. The summed E-state index contributed by atoms with van der Waals surface area (Å²) >= 11 is 0. The Labute approximate surface area is 194 Å². The van der Waals surface area contributed by atoms with Gasteiger partial charge in [-0.2, -0.15) is 0 Å². The number of methoxy groups -OCH3 is 1. The fourth-order valence-corrected chi connectivity index (χ4v) is 6.67. The van der Waals surface area contributed by atoms with Crippen molar-refractivity contribution in [3.63, 3.8) is 0 Å². The molecule has 1 saturated carbocycles. The predicted molar refractivity (Wildman–Crippen MR) is 130 cm³/mol. The molecule has 5 nitrogen and oxygen atoms in total. The van der Waals surface area contributed by atoms with Gasteiger partial charge in [0.05, 0.1) is 24.1 Å². The second kappa shape index (κ2) is 7.75. The van der Waals surface area contributed by atoms with Crippen molar-refractivity contribution in [1.82, 2.24) is 3.97 Å². The van der Waals surface area contributed by atoms with Gasteiger partial charge in [0, 0.05) is 22.4 Å². The van der Waals surface area contributed by atoms with Crippen LogP contribution in [-0.2, 0) is 15.4 Å². The standard InChI is InChI=1S/C27H27NO4S/c1-18-8-14-22(15-9-18)33(30,31)28-25-7-5-4-6-23(25)19(2)26(28)24-16-27(24,17-29)20-10-12-21(32-3)13-11-20/h4-15,24,29H,16-17H2,1-3H3/t24-,27-/m1/s1. The number of hydrogen-bond acceptors (Lipinski definition) is 4. The number of rotatable bonds is 6. The van der Waals surface area contributed by atoms with E-state index < -0.39 is 15.4 Å². The molecule has 1 aliphatic carbocycles. The van der Waals surface area contributed by atoms with Gasteiger partial charge in [-0.1, -0.05) is 48.0 Å². The van der Waals surface area contributed by atoms with Crippen LogP contribution in [0.3, 0.4) is 0 Å². The summed E-state index contributed by atoms with van der Waals surface area (Å²) in [5, 5.41) is 11.4. The molecule has 6 heteroatoms. The number of fused-ring (bicyclic) bond motifs is 1. The Morgan fingerprint density at radius 2 is 1.67 bits per heavy atom. The Hall–Kier alpha value is -3.09. The minimum atomic E-state index is -3.83. The molecular weight excluding hydrogens is 434 g/mol. The molecule has 0 unspecified atom stereocenters. The highest BCUT2D eigenvalue weighted by molar-refractivity contribution is 7.90. The summed E-state index contributed by atoms with van der Waals surface area (Å²) in [6, 6.07) is 22.3. The van der Waals surface area contributed by atoms with Gasteiger partial charge in [0.15, 0.2) is 0 Å². The third-order valence-electron chi connectivity index (χ3n) is 7.04. The number of benzene rings is 3. The highest BCUT2D eigenvalue weighted by atomic mass is 32.2. The van der Waals surface area contributed by atoms with Crippen LogP contribution in [0.4, 0.5) is 0 Å². The van der Waals surface area contributed by atoms with E-state index in [0.29, 0.717) is 11.9 Å². The van der Waals surface area contributed by atoms with Crippen LogP contribution >= 0.6 is 0 Å². The van der Waals surface area contributed by atoms with Crippen molar-refractivity contribution >= 4 is 20.9 Å². The smallest absolute Gasteiger partial charge is 0.268 e. The van der Waals surface area contributed by atoms with Crippen LogP contribution in [0.5, 0.6) is 5.75 Å². The minimum Gasteiger partial charge on any atom is -0.497 e. The lowest BCUT2D eigenvalue weighted by Gasteiger charge is -2.18. The van der Waals surface area contributed by atoms with E-state index in [0.717, 1.165) is 33.5 Å². The van der Waals surface area contributed by atoms with Gasteiger partial charge in [0.1, 0.15) is 5.75 Å². The normalized spacial score (nSPS) is 20.2. The zero-order valence-corrected chi connectivity index (χ0v) is 19.8. The lowest BCUT2D eigenvalue weighted by Crippen LogP contribution is -2.20. The van der Waals surface area contributed by atoms with Crippen LogP contribution in [0, 0.1) is 13.8 Å². The third kappa shape index (κ3) is 3.28. The summed E-state index contributed by atoms with van der Waals surface area (Å²) < 4.78 is 34.6. The van der Waals surface area contributed by atoms with Crippen LogP contribution in [0.15, 0.2) is 77.7 Å². The van der Waals surface area contributed by atoms with E-state index in [1.807, 2.05) is 74.5 Å². The molecule has 1 N–H and O–H groups in total. The molecule has 1 aromatic heterocycles. The molecule has 4 aromatic rings. The van der Waals surface area contributed by atoms with Crippen molar-refractivity contribution in [2.24, 2.45) is 0 Å². The van der Waals surface area contributed by atoms with Crippen LogP contribution in [-0.4, -0.2) is 31.2 Å². The van der Waals surface area contributed by atoms with E-state index in [-0.39, 0.29) is 17.4 Å². The Morgan fingerprint density at radius 1 is 1.00 bits per heavy atom. The minimum absolute atomic E-state index is 0.0600. The molecule has 3 aromatic carbocycles. The van der Waals surface area contributed by atoms with Gasteiger partial charge in [-0.15, -0.1) is 0 Å². The zero-order chi connectivity index (χ0) is 23.4. The van der Waals surface area contributed by atoms with Crippen LogP contribution < -0.4 is 4.74 Å². The van der Waals surface area contributed by atoms with Crippen molar-refractivity contribution in [3.8, 4) is 5.75 Å². The second-order valence-corrected chi connectivity index (χ2v) is 10.7. The lowest BCUT2D eigenvalue weighted by molar-refractivity contribution is 0.251. The number of aliphatic hydroxyl groups is 1. The highest BCUT2D eigenvalue weighted by Gasteiger charge is 2.58. The van der Waals surface area contributed by atoms with E-state index in [1.54, 1.807) is 19.2 Å². The van der Waals surface area contributed by atoms with Gasteiger partial charge in [-0.05, 0) is 61.7 Å². The average Bonchev–Trinajstić information content (AvgIpc) is 3.50. The zero-order valence-electron chi connectivity index (χ0n) is 18.9. The van der Waals surface area contributed by atoms with Crippen molar-refractivity contribution in [2.45, 2.75) is 36.5 Å². The topological polar surface area (TPSA) is 68.5 Å². The van der Waals surface area contributed by atoms with Gasteiger partial charge >= 0.3 is 0 Å². The number of aliphatic hydroxyl groups excluding tert-OH is 1. The maximum Gasteiger partial charge on any atom is 0.268 e. The van der Waals surface area contributed by atoms with Crippen LogP contribution in [0.2, 0.25) is 0 Å². The molecule has 0 aliphatic heterocycles. The molecule has 1 heterocycles. The van der Waals surface area contributed by atoms with E-state index in [2.05, 4.69) is 0 Å². The fourth-order valence-electron chi connectivity index (χ4n) is 5.04. The van der Waals surface area contributed by atoms with Crippen LogP contribution in [0.1, 0.15) is 34.7 Å². The Bertz CT molecular complexity index is 1440. The van der Waals surface area contributed by atoms with E-state index >= 15 is 0 Å². The van der Waals surface area contributed by atoms with Gasteiger partial charge < -0.3 is 9.84 Å². The monoisotopic (exact) mass is 461 g/mol. The summed E-state index contributed by atoms with van der Waals surface area (Å²) in [4.78, 5) is 0.259. The van der Waals surface area contributed by atoms with Gasteiger partial charge in [-0.25, -0.2) is 12.4 Å². The molecule has 170 valence electrons. The molecule has 33 heavy (non-hydrogen) atoms. The number of nitrogens with zero attached hydrogens (tertiary/aromatic N) is 1. The number of ether oxygens (including phenoxy) is 1. The molecule has 0 spiro atoms. The summed E-state index contributed by atoms with van der Waals surface area (Å²) in [6.45, 7) is 3.86. The number of aryl methyl sites for hydroxylation is 2. The number of hydrogen-bond donors (Lipinski definition) is 1. The van der Waals surface area contributed by atoms with E-state index in [1.165, 1.54) is 3.97 Å². The quantitative estimate of drug-likeness (QED) is 0.442. The number of aromatic nitrogens is 1. The van der Waals surface area contributed by atoms with Crippen molar-refractivity contribution in [2.75, 3.05) is 13.7 Å². The lowest BCUT2D eigenvalue weighted by atomic mass is 9.92. The van der Waals surface area contributed by atoms with Crippen molar-refractivity contribution < 1.29 is 18.3 Å². The SMILES string of the molecule is COc1ccc([C@]2(CO)C[C@@H]2c2c(C)c3ccccc3n2S(=O)(=O)c2ccc(C)cc2)cc1. The fraction of sp³-hybridized carbons (Fsp3) is 0.259.